The number of ether oxygens (including phenoxy) is 1. The van der Waals surface area contributed by atoms with Crippen LogP contribution in [0.4, 0.5) is 5.82 Å². The summed E-state index contributed by atoms with van der Waals surface area (Å²) in [5.74, 6) is 0.291. The third-order valence-electron chi connectivity index (χ3n) is 4.50. The average molecular weight is 344 g/mol. The van der Waals surface area contributed by atoms with Gasteiger partial charge in [-0.3, -0.25) is 9.89 Å². The van der Waals surface area contributed by atoms with Crippen molar-refractivity contribution in [3.63, 3.8) is 0 Å². The highest BCUT2D eigenvalue weighted by atomic mass is 16.5. The van der Waals surface area contributed by atoms with E-state index in [9.17, 15) is 10.1 Å². The molecule has 1 aromatic heterocycles. The monoisotopic (exact) mass is 344 g/mol. The lowest BCUT2D eigenvalue weighted by molar-refractivity contribution is -0.119. The molecule has 2 heterocycles. The molecule has 1 aliphatic heterocycles. The first-order valence-electron chi connectivity index (χ1n) is 8.25. The van der Waals surface area contributed by atoms with E-state index in [1.54, 1.807) is 0 Å². The normalized spacial score (nSPS) is 18.5. The number of para-hydroxylation sites is 1. The fraction of sp³-hybridized carbons (Fsp3) is 0.150. The van der Waals surface area contributed by atoms with E-state index in [2.05, 4.69) is 21.6 Å². The minimum absolute atomic E-state index is 0.342. The van der Waals surface area contributed by atoms with Gasteiger partial charge in [0.2, 0.25) is 5.91 Å². The predicted molar refractivity (Wildman–Crippen MR) is 95.9 cm³/mol. The number of H-pyrrole nitrogens is 1. The molecule has 1 aliphatic rings. The van der Waals surface area contributed by atoms with Gasteiger partial charge in [0.1, 0.15) is 17.4 Å². The van der Waals surface area contributed by atoms with Gasteiger partial charge < -0.3 is 10.1 Å². The molecule has 2 N–H and O–H groups in total. The summed E-state index contributed by atoms with van der Waals surface area (Å²) in [6, 6.07) is 19.1. The standard InChI is InChI=1S/C20H16N4O2/c1-12-17-18(16(11-21)20(25)22-19(17)24-23-12)13-6-5-9-15(10-13)26-14-7-3-2-4-8-14/h2-10,16,18H,1H3,(H2,22,23,24,25)/t16-,18-/m1/s1. The first kappa shape index (κ1) is 15.9. The SMILES string of the molecule is Cc1[nH]nc2c1[C@H](c1cccc(Oc3ccccc3)c1)[C@@H](C#N)C(=O)N2. The molecule has 0 saturated carbocycles. The number of benzene rings is 2. The maximum absolute atomic E-state index is 12.3. The van der Waals surface area contributed by atoms with Gasteiger partial charge >= 0.3 is 0 Å². The fourth-order valence-corrected chi connectivity index (χ4v) is 3.31. The molecule has 0 spiro atoms. The van der Waals surface area contributed by atoms with Crippen LogP contribution in [0.5, 0.6) is 11.5 Å². The van der Waals surface area contributed by atoms with Gasteiger partial charge in [-0.15, -0.1) is 0 Å². The minimum atomic E-state index is -0.828. The van der Waals surface area contributed by atoms with Gasteiger partial charge in [0.05, 0.1) is 6.07 Å². The van der Waals surface area contributed by atoms with Crippen molar-refractivity contribution in [2.24, 2.45) is 5.92 Å². The maximum atomic E-state index is 12.3. The van der Waals surface area contributed by atoms with Crippen LogP contribution in [0.15, 0.2) is 54.6 Å². The highest BCUT2D eigenvalue weighted by molar-refractivity contribution is 5.98. The van der Waals surface area contributed by atoms with E-state index < -0.39 is 11.8 Å². The Bertz CT molecular complexity index is 1000. The number of hydrogen-bond donors (Lipinski definition) is 2. The molecule has 0 radical (unpaired) electrons. The van der Waals surface area contributed by atoms with Gasteiger partial charge in [0, 0.05) is 17.2 Å². The number of nitrogens with one attached hydrogen (secondary N) is 2. The van der Waals surface area contributed by atoms with Crippen LogP contribution < -0.4 is 10.1 Å². The second kappa shape index (κ2) is 6.37. The summed E-state index contributed by atoms with van der Waals surface area (Å²) in [5, 5.41) is 19.3. The zero-order chi connectivity index (χ0) is 18.1. The Labute approximate surface area is 150 Å². The largest absolute Gasteiger partial charge is 0.457 e. The smallest absolute Gasteiger partial charge is 0.243 e. The lowest BCUT2D eigenvalue weighted by Gasteiger charge is -2.27. The number of nitriles is 1. The molecular weight excluding hydrogens is 328 g/mol. The summed E-state index contributed by atoms with van der Waals surface area (Å²) in [6.07, 6.45) is 0. The number of nitrogens with zero attached hydrogens (tertiary/aromatic N) is 2. The fourth-order valence-electron chi connectivity index (χ4n) is 3.31. The van der Waals surface area contributed by atoms with Crippen LogP contribution in [0.2, 0.25) is 0 Å². The quantitative estimate of drug-likeness (QED) is 0.757. The van der Waals surface area contributed by atoms with Crippen molar-refractivity contribution >= 4 is 11.7 Å². The first-order valence-corrected chi connectivity index (χ1v) is 8.25. The van der Waals surface area contributed by atoms with Gasteiger partial charge in [0.25, 0.3) is 0 Å². The number of carbonyl (C=O) groups excluding carboxylic acids is 1. The van der Waals surface area contributed by atoms with Crippen molar-refractivity contribution in [2.75, 3.05) is 5.32 Å². The zero-order valence-electron chi connectivity index (χ0n) is 14.1. The maximum Gasteiger partial charge on any atom is 0.243 e. The summed E-state index contributed by atoms with van der Waals surface area (Å²) in [5.41, 5.74) is 2.51. The van der Waals surface area contributed by atoms with Crippen LogP contribution in [0, 0.1) is 24.2 Å². The van der Waals surface area contributed by atoms with Crippen molar-refractivity contribution in [3.8, 4) is 17.6 Å². The van der Waals surface area contributed by atoms with E-state index in [1.165, 1.54) is 0 Å². The van der Waals surface area contributed by atoms with Crippen LogP contribution in [-0.4, -0.2) is 16.1 Å². The number of aromatic nitrogens is 2. The molecule has 0 bridgehead atoms. The van der Waals surface area contributed by atoms with E-state index in [0.717, 1.165) is 22.6 Å². The lowest BCUT2D eigenvalue weighted by atomic mass is 9.78. The van der Waals surface area contributed by atoms with Crippen molar-refractivity contribution in [2.45, 2.75) is 12.8 Å². The van der Waals surface area contributed by atoms with E-state index in [0.29, 0.717) is 11.6 Å². The second-order valence-corrected chi connectivity index (χ2v) is 6.17. The number of anilines is 1. The lowest BCUT2D eigenvalue weighted by Crippen LogP contribution is -2.33. The number of hydrogen-bond acceptors (Lipinski definition) is 4. The molecule has 1 amide bonds. The number of rotatable bonds is 3. The predicted octanol–water partition coefficient (Wildman–Crippen LogP) is 3.73. The molecule has 6 heteroatoms. The number of aryl methyl sites for hydroxylation is 1. The molecule has 0 saturated heterocycles. The van der Waals surface area contributed by atoms with Gasteiger partial charge in [-0.05, 0) is 36.8 Å². The second-order valence-electron chi connectivity index (χ2n) is 6.17. The summed E-state index contributed by atoms with van der Waals surface area (Å²) in [7, 11) is 0. The topological polar surface area (TPSA) is 90.8 Å². The van der Waals surface area contributed by atoms with E-state index in [-0.39, 0.29) is 5.91 Å². The van der Waals surface area contributed by atoms with Crippen LogP contribution in [0.3, 0.4) is 0 Å². The molecular formula is C20H16N4O2. The molecule has 2 atom stereocenters. The van der Waals surface area contributed by atoms with Crippen LogP contribution in [0.1, 0.15) is 22.7 Å². The Kier molecular flexibility index (Phi) is 3.90. The summed E-state index contributed by atoms with van der Waals surface area (Å²) in [6.45, 7) is 1.88. The minimum Gasteiger partial charge on any atom is -0.457 e. The summed E-state index contributed by atoms with van der Waals surface area (Å²) < 4.78 is 5.90. The van der Waals surface area contributed by atoms with E-state index in [1.807, 2.05) is 61.5 Å². The van der Waals surface area contributed by atoms with Gasteiger partial charge in [-0.2, -0.15) is 10.4 Å². The number of fused-ring (bicyclic) bond motifs is 1. The van der Waals surface area contributed by atoms with Crippen LogP contribution in [-0.2, 0) is 4.79 Å². The van der Waals surface area contributed by atoms with Gasteiger partial charge in [0.15, 0.2) is 5.82 Å². The third-order valence-corrected chi connectivity index (χ3v) is 4.50. The third kappa shape index (κ3) is 2.70. The van der Waals surface area contributed by atoms with E-state index in [4.69, 9.17) is 4.74 Å². The molecule has 0 fully saturated rings. The van der Waals surface area contributed by atoms with E-state index >= 15 is 0 Å². The molecule has 4 rings (SSSR count). The van der Waals surface area contributed by atoms with Crippen LogP contribution in [0.25, 0.3) is 0 Å². The number of carbonyl (C=O) groups is 1. The molecule has 3 aromatic rings. The molecule has 26 heavy (non-hydrogen) atoms. The summed E-state index contributed by atoms with van der Waals surface area (Å²) >= 11 is 0. The van der Waals surface area contributed by atoms with Crippen molar-refractivity contribution in [3.05, 3.63) is 71.4 Å². The van der Waals surface area contributed by atoms with Crippen molar-refractivity contribution in [1.29, 1.82) is 5.26 Å². The molecule has 128 valence electrons. The Balaban J connectivity index is 1.76. The zero-order valence-corrected chi connectivity index (χ0v) is 14.1. The highest BCUT2D eigenvalue weighted by Gasteiger charge is 2.39. The molecule has 2 aromatic carbocycles. The summed E-state index contributed by atoms with van der Waals surface area (Å²) in [4.78, 5) is 12.3. The average Bonchev–Trinajstić information content (AvgIpc) is 3.02. The molecule has 6 nitrogen and oxygen atoms in total. The van der Waals surface area contributed by atoms with Gasteiger partial charge in [-0.1, -0.05) is 30.3 Å². The Morgan fingerprint density at radius 2 is 1.88 bits per heavy atom. The molecule has 0 aliphatic carbocycles. The number of aromatic amines is 1. The van der Waals surface area contributed by atoms with Crippen LogP contribution >= 0.6 is 0 Å². The Morgan fingerprint density at radius 1 is 1.12 bits per heavy atom. The number of amides is 1. The van der Waals surface area contributed by atoms with Crippen molar-refractivity contribution < 1.29 is 9.53 Å². The highest BCUT2D eigenvalue weighted by Crippen LogP contribution is 2.42. The van der Waals surface area contributed by atoms with Gasteiger partial charge in [-0.25, -0.2) is 0 Å². The molecule has 0 unspecified atom stereocenters. The Hall–Kier alpha value is -3.59. The Morgan fingerprint density at radius 3 is 2.65 bits per heavy atom. The first-order chi connectivity index (χ1) is 12.7. The van der Waals surface area contributed by atoms with Crippen molar-refractivity contribution in [1.82, 2.24) is 10.2 Å².